The Kier molecular flexibility index (Phi) is 3.75. The monoisotopic (exact) mass is 280 g/mol. The van der Waals surface area contributed by atoms with Gasteiger partial charge < -0.3 is 4.42 Å². The van der Waals surface area contributed by atoms with Crippen molar-refractivity contribution in [3.63, 3.8) is 0 Å². The van der Waals surface area contributed by atoms with Crippen molar-refractivity contribution < 1.29 is 13.6 Å². The predicted octanol–water partition coefficient (Wildman–Crippen LogP) is 3.56. The van der Waals surface area contributed by atoms with Gasteiger partial charge in [0.25, 0.3) is 0 Å². The van der Waals surface area contributed by atoms with Crippen LogP contribution in [0.1, 0.15) is 29.8 Å². The molecule has 100 valence electrons. The number of rotatable bonds is 3. The molecule has 0 aliphatic carbocycles. The van der Waals surface area contributed by atoms with Gasteiger partial charge in [-0.05, 0) is 31.7 Å². The molecule has 0 saturated carbocycles. The predicted molar refractivity (Wildman–Crippen MR) is 73.6 cm³/mol. The van der Waals surface area contributed by atoms with E-state index >= 15 is 0 Å². The zero-order valence-electron chi connectivity index (χ0n) is 10.9. The van der Waals surface area contributed by atoms with Crippen LogP contribution in [0.15, 0.2) is 26.4 Å². The topological polar surface area (TPSA) is 47.3 Å². The van der Waals surface area contributed by atoms with Crippen LogP contribution >= 0.6 is 11.8 Å². The number of carbonyl (C=O) groups is 1. The van der Waals surface area contributed by atoms with Crippen LogP contribution in [0.25, 0.3) is 11.0 Å². The summed E-state index contributed by atoms with van der Waals surface area (Å²) in [6.07, 6.45) is 0. The first kappa shape index (κ1) is 13.8. The van der Waals surface area contributed by atoms with Gasteiger partial charge >= 0.3 is 0 Å². The summed E-state index contributed by atoms with van der Waals surface area (Å²) in [5.74, 6) is -0.199. The van der Waals surface area contributed by atoms with Gasteiger partial charge in [0.05, 0.1) is 10.9 Å². The molecule has 0 aliphatic heterocycles. The van der Waals surface area contributed by atoms with Crippen LogP contribution < -0.4 is 5.43 Å². The Hall–Kier alpha value is -1.62. The van der Waals surface area contributed by atoms with E-state index in [-0.39, 0.29) is 27.7 Å². The normalized spacial score (nSPS) is 10.9. The van der Waals surface area contributed by atoms with Crippen LogP contribution in [0.2, 0.25) is 0 Å². The van der Waals surface area contributed by atoms with Crippen LogP contribution in [0, 0.1) is 12.7 Å². The largest absolute Gasteiger partial charge is 0.449 e. The van der Waals surface area contributed by atoms with Crippen molar-refractivity contribution in [2.24, 2.45) is 0 Å². The minimum atomic E-state index is -0.611. The molecule has 0 saturated heterocycles. The van der Waals surface area contributed by atoms with Crippen LogP contribution in [0.5, 0.6) is 0 Å². The molecule has 0 atom stereocenters. The number of fused-ring (bicyclic) bond motifs is 1. The van der Waals surface area contributed by atoms with Gasteiger partial charge in [-0.2, -0.15) is 0 Å². The third-order valence-corrected chi connectivity index (χ3v) is 3.73. The second-order valence-corrected chi connectivity index (χ2v) is 5.40. The average Bonchev–Trinajstić information content (AvgIpc) is 2.36. The van der Waals surface area contributed by atoms with Crippen molar-refractivity contribution in [3.8, 4) is 0 Å². The molecule has 0 radical (unpaired) electrons. The molecule has 1 heterocycles. The minimum Gasteiger partial charge on any atom is -0.449 e. The van der Waals surface area contributed by atoms with Gasteiger partial charge in [0.1, 0.15) is 11.4 Å². The van der Waals surface area contributed by atoms with Crippen LogP contribution in [0.3, 0.4) is 0 Å². The summed E-state index contributed by atoms with van der Waals surface area (Å²) < 4.78 is 19.1. The fourth-order valence-corrected chi connectivity index (χ4v) is 2.58. The summed E-state index contributed by atoms with van der Waals surface area (Å²) in [5.41, 5.74) is 0.421. The van der Waals surface area contributed by atoms with Crippen LogP contribution in [-0.2, 0) is 0 Å². The van der Waals surface area contributed by atoms with Crippen molar-refractivity contribution in [2.45, 2.75) is 25.9 Å². The third kappa shape index (κ3) is 2.42. The summed E-state index contributed by atoms with van der Waals surface area (Å²) in [5, 5.41) is 0.595. The molecule has 19 heavy (non-hydrogen) atoms. The smallest absolute Gasteiger partial charge is 0.196 e. The molecule has 2 aromatic rings. The lowest BCUT2D eigenvalue weighted by Crippen LogP contribution is -2.09. The highest BCUT2D eigenvalue weighted by Gasteiger charge is 2.17. The fraction of sp³-hybridized carbons (Fsp3) is 0.286. The highest BCUT2D eigenvalue weighted by Crippen LogP contribution is 2.27. The molecule has 0 spiro atoms. The second-order valence-electron chi connectivity index (χ2n) is 4.16. The number of Topliss-reactive ketones (excluding diaryl/α,β-unsaturated/α-hetero) is 1. The van der Waals surface area contributed by atoms with Crippen LogP contribution in [0.4, 0.5) is 4.39 Å². The van der Waals surface area contributed by atoms with E-state index < -0.39 is 5.82 Å². The Bertz CT molecular complexity index is 719. The maximum Gasteiger partial charge on any atom is 0.196 e. The average molecular weight is 280 g/mol. The summed E-state index contributed by atoms with van der Waals surface area (Å²) in [6.45, 7) is 4.90. The molecular formula is C14H13FO3S. The standard InChI is InChI=1S/C14H13FO3S/c1-4-19-14-7(2)12(17)11-6-9(15)5-10(8(3)16)13(11)18-14/h5-6H,4H2,1-3H3. The first-order chi connectivity index (χ1) is 8.95. The van der Waals surface area contributed by atoms with E-state index in [1.54, 1.807) is 6.92 Å². The number of hydrogen-bond donors (Lipinski definition) is 0. The Morgan fingerprint density at radius 3 is 2.68 bits per heavy atom. The van der Waals surface area contributed by atoms with Crippen LogP contribution in [-0.4, -0.2) is 11.5 Å². The summed E-state index contributed by atoms with van der Waals surface area (Å²) in [6, 6.07) is 2.21. The number of ketones is 1. The molecule has 2 rings (SSSR count). The zero-order valence-corrected chi connectivity index (χ0v) is 11.7. The maximum absolute atomic E-state index is 13.5. The summed E-state index contributed by atoms with van der Waals surface area (Å²) in [4.78, 5) is 23.7. The number of benzene rings is 1. The first-order valence-corrected chi connectivity index (χ1v) is 6.85. The van der Waals surface area contributed by atoms with E-state index in [1.165, 1.54) is 18.7 Å². The van der Waals surface area contributed by atoms with Gasteiger partial charge in [-0.1, -0.05) is 18.7 Å². The number of carbonyl (C=O) groups excluding carboxylic acids is 1. The molecule has 1 aromatic carbocycles. The SMILES string of the molecule is CCSc1oc2c(C(C)=O)cc(F)cc2c(=O)c1C. The van der Waals surface area contributed by atoms with Crippen molar-refractivity contribution in [1.29, 1.82) is 0 Å². The Labute approximate surface area is 113 Å². The quantitative estimate of drug-likeness (QED) is 0.637. The molecular weight excluding hydrogens is 267 g/mol. The fourth-order valence-electron chi connectivity index (χ4n) is 1.87. The summed E-state index contributed by atoms with van der Waals surface area (Å²) >= 11 is 1.38. The highest BCUT2D eigenvalue weighted by atomic mass is 32.2. The molecule has 0 N–H and O–H groups in total. The molecule has 5 heteroatoms. The number of thioether (sulfide) groups is 1. The lowest BCUT2D eigenvalue weighted by atomic mass is 10.1. The summed E-state index contributed by atoms with van der Waals surface area (Å²) in [7, 11) is 0. The van der Waals surface area contributed by atoms with Crippen molar-refractivity contribution >= 4 is 28.5 Å². The Morgan fingerprint density at radius 1 is 1.42 bits per heavy atom. The Morgan fingerprint density at radius 2 is 2.11 bits per heavy atom. The van der Waals surface area contributed by atoms with Gasteiger partial charge in [0.15, 0.2) is 16.3 Å². The molecule has 0 unspecified atom stereocenters. The van der Waals surface area contributed by atoms with E-state index in [4.69, 9.17) is 4.42 Å². The van der Waals surface area contributed by atoms with Crippen molar-refractivity contribution in [2.75, 3.05) is 5.75 Å². The van der Waals surface area contributed by atoms with E-state index in [2.05, 4.69) is 0 Å². The number of hydrogen-bond acceptors (Lipinski definition) is 4. The number of halogens is 1. The van der Waals surface area contributed by atoms with Gasteiger partial charge in [0, 0.05) is 5.56 Å². The maximum atomic E-state index is 13.5. The van der Waals surface area contributed by atoms with Gasteiger partial charge in [0.2, 0.25) is 0 Å². The van der Waals surface area contributed by atoms with E-state index in [0.717, 1.165) is 17.9 Å². The lowest BCUT2D eigenvalue weighted by Gasteiger charge is -2.08. The lowest BCUT2D eigenvalue weighted by molar-refractivity contribution is 0.101. The molecule has 0 aliphatic rings. The molecule has 0 bridgehead atoms. The minimum absolute atomic E-state index is 0.102. The van der Waals surface area contributed by atoms with Crippen molar-refractivity contribution in [3.05, 3.63) is 39.3 Å². The van der Waals surface area contributed by atoms with E-state index in [9.17, 15) is 14.0 Å². The molecule has 3 nitrogen and oxygen atoms in total. The van der Waals surface area contributed by atoms with Crippen molar-refractivity contribution in [1.82, 2.24) is 0 Å². The van der Waals surface area contributed by atoms with Gasteiger partial charge in [-0.3, -0.25) is 9.59 Å². The molecule has 0 fully saturated rings. The van der Waals surface area contributed by atoms with Gasteiger partial charge in [-0.25, -0.2) is 4.39 Å². The van der Waals surface area contributed by atoms with Gasteiger partial charge in [-0.15, -0.1) is 0 Å². The first-order valence-electron chi connectivity index (χ1n) is 5.86. The zero-order chi connectivity index (χ0) is 14.2. The highest BCUT2D eigenvalue weighted by molar-refractivity contribution is 7.99. The second kappa shape index (κ2) is 5.17. The van der Waals surface area contributed by atoms with E-state index in [0.29, 0.717) is 10.7 Å². The Balaban J connectivity index is 2.92. The van der Waals surface area contributed by atoms with E-state index in [1.807, 2.05) is 6.92 Å². The molecule has 0 amide bonds. The molecule has 1 aromatic heterocycles. The third-order valence-electron chi connectivity index (χ3n) is 2.79.